The number of nitrogens with one attached hydrogen (secondary N) is 3. The van der Waals surface area contributed by atoms with Crippen molar-refractivity contribution in [2.75, 3.05) is 28.6 Å². The van der Waals surface area contributed by atoms with Gasteiger partial charge in [-0.25, -0.2) is 24.6 Å². The molecule has 0 aliphatic heterocycles. The standard InChI is InChI=1S/C22H27N7O4S/c1-6-33-28-22(30)16-12-23-20(27-21-10-14(3)24-15(4)25-21)11-18(16)26-17-8-7-13(2)9-19(17)29(5)34(31)32/h7-12H,6H2,1-5H3,(H,28,30)(H,31,32)(H2,23,24,25,26,27). The number of rotatable bonds is 9. The number of aromatic nitrogens is 3. The summed E-state index contributed by atoms with van der Waals surface area (Å²) in [5.41, 5.74) is 5.68. The number of pyridine rings is 1. The summed E-state index contributed by atoms with van der Waals surface area (Å²) in [6.45, 7) is 7.58. The first-order valence-corrected chi connectivity index (χ1v) is 11.5. The molecule has 3 aromatic rings. The zero-order chi connectivity index (χ0) is 24.8. The van der Waals surface area contributed by atoms with Gasteiger partial charge < -0.3 is 10.6 Å². The Morgan fingerprint density at radius 2 is 1.85 bits per heavy atom. The molecule has 0 spiro atoms. The highest BCUT2D eigenvalue weighted by Gasteiger charge is 2.18. The Kier molecular flexibility index (Phi) is 8.10. The lowest BCUT2D eigenvalue weighted by Gasteiger charge is -2.21. The number of carbonyl (C=O) groups is 1. The molecule has 1 aromatic carbocycles. The average molecular weight is 486 g/mol. The van der Waals surface area contributed by atoms with E-state index in [2.05, 4.69) is 31.1 Å². The Bertz CT molecular complexity index is 1200. The fourth-order valence-corrected chi connectivity index (χ4v) is 3.47. The lowest BCUT2D eigenvalue weighted by atomic mass is 10.1. The molecule has 0 fully saturated rings. The van der Waals surface area contributed by atoms with Crippen LogP contribution in [0.2, 0.25) is 0 Å². The summed E-state index contributed by atoms with van der Waals surface area (Å²) in [6.07, 6.45) is 1.40. The molecule has 2 heterocycles. The maximum atomic E-state index is 12.7. The third kappa shape index (κ3) is 6.25. The highest BCUT2D eigenvalue weighted by molar-refractivity contribution is 7.80. The zero-order valence-electron chi connectivity index (χ0n) is 19.5. The van der Waals surface area contributed by atoms with E-state index in [4.69, 9.17) is 4.84 Å². The third-order valence-corrected chi connectivity index (χ3v) is 5.34. The van der Waals surface area contributed by atoms with Crippen molar-refractivity contribution < 1.29 is 18.4 Å². The zero-order valence-corrected chi connectivity index (χ0v) is 20.4. The van der Waals surface area contributed by atoms with Crippen molar-refractivity contribution in [1.29, 1.82) is 0 Å². The Morgan fingerprint density at radius 1 is 1.09 bits per heavy atom. The van der Waals surface area contributed by atoms with Crippen LogP contribution < -0.4 is 20.4 Å². The highest BCUT2D eigenvalue weighted by atomic mass is 32.2. The third-order valence-electron chi connectivity index (χ3n) is 4.68. The monoisotopic (exact) mass is 485 g/mol. The fourth-order valence-electron chi connectivity index (χ4n) is 3.15. The number of aryl methyl sites for hydroxylation is 3. The van der Waals surface area contributed by atoms with Crippen LogP contribution in [0.3, 0.4) is 0 Å². The van der Waals surface area contributed by atoms with E-state index in [1.54, 1.807) is 38.1 Å². The predicted octanol–water partition coefficient (Wildman–Crippen LogP) is 3.54. The average Bonchev–Trinajstić information content (AvgIpc) is 2.77. The van der Waals surface area contributed by atoms with Gasteiger partial charge in [-0.15, -0.1) is 0 Å². The van der Waals surface area contributed by atoms with Gasteiger partial charge >= 0.3 is 0 Å². The Hall–Kier alpha value is -3.61. The lowest BCUT2D eigenvalue weighted by Crippen LogP contribution is -2.25. The van der Waals surface area contributed by atoms with E-state index < -0.39 is 17.2 Å². The minimum absolute atomic E-state index is 0.216. The second-order valence-electron chi connectivity index (χ2n) is 7.42. The molecule has 0 bridgehead atoms. The first-order chi connectivity index (χ1) is 16.2. The van der Waals surface area contributed by atoms with Crippen molar-refractivity contribution in [3.63, 3.8) is 0 Å². The van der Waals surface area contributed by atoms with Crippen LogP contribution in [0.25, 0.3) is 0 Å². The van der Waals surface area contributed by atoms with Crippen molar-refractivity contribution >= 4 is 45.9 Å². The van der Waals surface area contributed by atoms with Gasteiger partial charge in [0.25, 0.3) is 17.2 Å². The smallest absolute Gasteiger partial charge is 0.278 e. The lowest BCUT2D eigenvalue weighted by molar-refractivity contribution is 0.0365. The summed E-state index contributed by atoms with van der Waals surface area (Å²) >= 11 is -2.24. The van der Waals surface area contributed by atoms with Gasteiger partial charge in [-0.2, -0.15) is 0 Å². The van der Waals surface area contributed by atoms with Crippen LogP contribution in [0, 0.1) is 20.8 Å². The van der Waals surface area contributed by atoms with E-state index in [0.29, 0.717) is 41.1 Å². The minimum Gasteiger partial charge on any atom is -0.353 e. The molecule has 0 saturated carbocycles. The second kappa shape index (κ2) is 11.0. The summed E-state index contributed by atoms with van der Waals surface area (Å²) in [6, 6.07) is 8.81. The SMILES string of the molecule is CCONC(=O)c1cnc(Nc2cc(C)nc(C)n2)cc1Nc1ccc(C)cc1N(C)S(=O)O. The number of nitrogens with zero attached hydrogens (tertiary/aromatic N) is 4. The van der Waals surface area contributed by atoms with Crippen molar-refractivity contribution in [2.45, 2.75) is 27.7 Å². The summed E-state index contributed by atoms with van der Waals surface area (Å²) in [5.74, 6) is 1.10. The van der Waals surface area contributed by atoms with Gasteiger partial charge in [0.2, 0.25) is 0 Å². The Labute approximate surface area is 200 Å². The molecule has 1 unspecified atom stereocenters. The molecular formula is C22H27N7O4S. The quantitative estimate of drug-likeness (QED) is 0.264. The molecule has 0 radical (unpaired) electrons. The van der Waals surface area contributed by atoms with E-state index in [9.17, 15) is 13.6 Å². The number of hydrogen-bond donors (Lipinski definition) is 4. The Balaban J connectivity index is 2.03. The van der Waals surface area contributed by atoms with Gasteiger partial charge in [-0.3, -0.25) is 18.5 Å². The van der Waals surface area contributed by atoms with Gasteiger partial charge in [0.15, 0.2) is 0 Å². The highest BCUT2D eigenvalue weighted by Crippen LogP contribution is 2.32. The Morgan fingerprint density at radius 3 is 2.53 bits per heavy atom. The van der Waals surface area contributed by atoms with Crippen LogP contribution in [-0.4, -0.2) is 43.3 Å². The van der Waals surface area contributed by atoms with Crippen molar-refractivity contribution in [2.24, 2.45) is 0 Å². The van der Waals surface area contributed by atoms with Crippen LogP contribution in [0.15, 0.2) is 36.5 Å². The number of hydrogen-bond acceptors (Lipinski definition) is 8. The van der Waals surface area contributed by atoms with Crippen LogP contribution >= 0.6 is 0 Å². The summed E-state index contributed by atoms with van der Waals surface area (Å²) in [5, 5.41) is 6.32. The normalized spacial score (nSPS) is 11.6. The molecule has 11 nitrogen and oxygen atoms in total. The minimum atomic E-state index is -2.24. The molecule has 0 aliphatic rings. The maximum Gasteiger partial charge on any atom is 0.278 e. The van der Waals surface area contributed by atoms with Crippen LogP contribution in [0.5, 0.6) is 0 Å². The van der Waals surface area contributed by atoms with E-state index >= 15 is 0 Å². The maximum absolute atomic E-state index is 12.7. The van der Waals surface area contributed by atoms with Crippen molar-refractivity contribution in [3.05, 3.63) is 59.2 Å². The van der Waals surface area contributed by atoms with Gasteiger partial charge in [-0.05, 0) is 45.4 Å². The summed E-state index contributed by atoms with van der Waals surface area (Å²) in [7, 11) is 1.50. The molecule has 4 N–H and O–H groups in total. The first kappa shape index (κ1) is 25.0. The molecule has 3 rings (SSSR count). The number of hydroxylamine groups is 1. The molecule has 180 valence electrons. The number of benzene rings is 1. The van der Waals surface area contributed by atoms with Gasteiger partial charge in [0.05, 0.1) is 29.2 Å². The van der Waals surface area contributed by atoms with E-state index in [1.807, 2.05) is 19.9 Å². The van der Waals surface area contributed by atoms with Crippen molar-refractivity contribution in [1.82, 2.24) is 20.4 Å². The van der Waals surface area contributed by atoms with Crippen molar-refractivity contribution in [3.8, 4) is 0 Å². The molecular weight excluding hydrogens is 458 g/mol. The molecule has 34 heavy (non-hydrogen) atoms. The van der Waals surface area contributed by atoms with Crippen LogP contribution in [0.1, 0.15) is 34.4 Å². The molecule has 0 aliphatic carbocycles. The van der Waals surface area contributed by atoms with E-state index in [0.717, 1.165) is 11.3 Å². The molecule has 1 amide bonds. The van der Waals surface area contributed by atoms with Crippen LogP contribution in [0.4, 0.5) is 28.7 Å². The molecule has 1 atom stereocenters. The van der Waals surface area contributed by atoms with E-state index in [1.165, 1.54) is 17.5 Å². The van der Waals surface area contributed by atoms with Gasteiger partial charge in [-0.1, -0.05) is 6.07 Å². The molecule has 2 aromatic heterocycles. The molecule has 0 saturated heterocycles. The predicted molar refractivity (Wildman–Crippen MR) is 132 cm³/mol. The topological polar surface area (TPSA) is 142 Å². The summed E-state index contributed by atoms with van der Waals surface area (Å²) in [4.78, 5) is 30.7. The van der Waals surface area contributed by atoms with Gasteiger partial charge in [0, 0.05) is 31.1 Å². The number of amides is 1. The fraction of sp³-hybridized carbons (Fsp3) is 0.273. The van der Waals surface area contributed by atoms with Crippen LogP contribution in [-0.2, 0) is 16.1 Å². The first-order valence-electron chi connectivity index (χ1n) is 10.4. The van der Waals surface area contributed by atoms with E-state index in [-0.39, 0.29) is 5.56 Å². The summed E-state index contributed by atoms with van der Waals surface area (Å²) < 4.78 is 22.5. The number of carbonyl (C=O) groups excluding carboxylic acids is 1. The molecule has 12 heteroatoms. The number of anilines is 5. The van der Waals surface area contributed by atoms with Gasteiger partial charge in [0.1, 0.15) is 17.5 Å². The second-order valence-corrected chi connectivity index (χ2v) is 8.43. The largest absolute Gasteiger partial charge is 0.353 e.